The first-order valence-corrected chi connectivity index (χ1v) is 3.98. The molecule has 0 aromatic heterocycles. The Labute approximate surface area is 71.3 Å². The fourth-order valence-corrected chi connectivity index (χ4v) is 1.45. The lowest BCUT2D eigenvalue weighted by molar-refractivity contribution is -0.139. The topological polar surface area (TPSA) is 55.4 Å². The molecule has 0 bridgehead atoms. The lowest BCUT2D eigenvalue weighted by Crippen LogP contribution is -2.44. The molecule has 4 heteroatoms. The molecule has 1 saturated heterocycles. The third-order valence-electron chi connectivity index (χ3n) is 1.83. The Balaban J connectivity index is 2.71. The number of nitrogens with one attached hydrogen (secondary N) is 1. The van der Waals surface area contributed by atoms with Crippen molar-refractivity contribution in [2.75, 3.05) is 0 Å². The van der Waals surface area contributed by atoms with Gasteiger partial charge in [-0.25, -0.2) is 9.59 Å². The zero-order chi connectivity index (χ0) is 9.35. The average molecular weight is 171 g/mol. The summed E-state index contributed by atoms with van der Waals surface area (Å²) < 4.78 is 4.39. The van der Waals surface area contributed by atoms with Crippen LogP contribution in [0.3, 0.4) is 0 Å². The van der Waals surface area contributed by atoms with Crippen molar-refractivity contribution in [3.8, 4) is 0 Å². The summed E-state index contributed by atoms with van der Waals surface area (Å²) in [5, 5.41) is 2.50. The van der Waals surface area contributed by atoms with Crippen LogP contribution in [0.25, 0.3) is 0 Å². The normalized spacial score (nSPS) is 29.0. The van der Waals surface area contributed by atoms with E-state index in [1.807, 2.05) is 13.8 Å². The standard InChI is InChI=1S/C8H13NO3/c1-5(2)4-8(3)6(10)12-7(11)9-8/h5H,4H2,1-3H3,(H,9,11). The summed E-state index contributed by atoms with van der Waals surface area (Å²) in [5.41, 5.74) is -0.814. The zero-order valence-electron chi connectivity index (χ0n) is 7.51. The van der Waals surface area contributed by atoms with Crippen LogP contribution in [0.4, 0.5) is 4.79 Å². The first-order chi connectivity index (χ1) is 5.44. The van der Waals surface area contributed by atoms with Gasteiger partial charge in [0, 0.05) is 0 Å². The van der Waals surface area contributed by atoms with E-state index in [0.29, 0.717) is 12.3 Å². The Hall–Kier alpha value is -1.06. The van der Waals surface area contributed by atoms with Gasteiger partial charge in [-0.3, -0.25) is 0 Å². The second-order valence-corrected chi connectivity index (χ2v) is 3.73. The van der Waals surface area contributed by atoms with Gasteiger partial charge in [-0.1, -0.05) is 13.8 Å². The van der Waals surface area contributed by atoms with E-state index in [-0.39, 0.29) is 0 Å². The minimum Gasteiger partial charge on any atom is -0.374 e. The number of cyclic esters (lactones) is 2. The number of ether oxygens (including phenoxy) is 1. The Morgan fingerprint density at radius 1 is 1.50 bits per heavy atom. The average Bonchev–Trinajstić information content (AvgIpc) is 2.04. The van der Waals surface area contributed by atoms with Gasteiger partial charge in [-0.05, 0) is 19.3 Å². The number of alkyl carbamates (subject to hydrolysis) is 1. The zero-order valence-corrected chi connectivity index (χ0v) is 7.51. The van der Waals surface area contributed by atoms with Gasteiger partial charge in [0.05, 0.1) is 0 Å². The first-order valence-electron chi connectivity index (χ1n) is 3.98. The molecule has 12 heavy (non-hydrogen) atoms. The van der Waals surface area contributed by atoms with Crippen LogP contribution in [0, 0.1) is 5.92 Å². The van der Waals surface area contributed by atoms with E-state index in [4.69, 9.17) is 0 Å². The third-order valence-corrected chi connectivity index (χ3v) is 1.83. The summed E-state index contributed by atoms with van der Waals surface area (Å²) in [6, 6.07) is 0. The van der Waals surface area contributed by atoms with Crippen molar-refractivity contribution in [1.82, 2.24) is 5.32 Å². The molecule has 1 N–H and O–H groups in total. The smallest absolute Gasteiger partial charge is 0.374 e. The molecular formula is C8H13NO3. The van der Waals surface area contributed by atoms with Gasteiger partial charge >= 0.3 is 12.1 Å². The number of hydrogen-bond donors (Lipinski definition) is 1. The van der Waals surface area contributed by atoms with E-state index in [0.717, 1.165) is 0 Å². The van der Waals surface area contributed by atoms with Gasteiger partial charge in [0.1, 0.15) is 5.54 Å². The van der Waals surface area contributed by atoms with Crippen molar-refractivity contribution in [3.05, 3.63) is 0 Å². The molecule has 0 spiro atoms. The van der Waals surface area contributed by atoms with Crippen molar-refractivity contribution in [2.24, 2.45) is 5.92 Å². The van der Waals surface area contributed by atoms with Gasteiger partial charge in [-0.2, -0.15) is 0 Å². The highest BCUT2D eigenvalue weighted by atomic mass is 16.6. The Morgan fingerprint density at radius 3 is 2.42 bits per heavy atom. The highest BCUT2D eigenvalue weighted by Crippen LogP contribution is 2.22. The minimum atomic E-state index is -0.814. The second kappa shape index (κ2) is 2.77. The summed E-state index contributed by atoms with van der Waals surface area (Å²) in [6.07, 6.45) is -0.0273. The molecule has 1 atom stereocenters. The maximum atomic E-state index is 11.1. The lowest BCUT2D eigenvalue weighted by atomic mass is 9.92. The number of esters is 1. The summed E-state index contributed by atoms with van der Waals surface area (Å²) >= 11 is 0. The second-order valence-electron chi connectivity index (χ2n) is 3.73. The van der Waals surface area contributed by atoms with Crippen LogP contribution in [0.5, 0.6) is 0 Å². The maximum absolute atomic E-state index is 11.1. The summed E-state index contributed by atoms with van der Waals surface area (Å²) in [4.78, 5) is 21.8. The van der Waals surface area contributed by atoms with E-state index in [9.17, 15) is 9.59 Å². The van der Waals surface area contributed by atoms with E-state index >= 15 is 0 Å². The molecule has 1 heterocycles. The van der Waals surface area contributed by atoms with Gasteiger partial charge in [0.2, 0.25) is 0 Å². The van der Waals surface area contributed by atoms with Gasteiger partial charge in [0.25, 0.3) is 0 Å². The predicted octanol–water partition coefficient (Wildman–Crippen LogP) is 1.06. The van der Waals surface area contributed by atoms with Gasteiger partial charge in [0.15, 0.2) is 0 Å². The molecule has 0 radical (unpaired) electrons. The van der Waals surface area contributed by atoms with Crippen molar-refractivity contribution < 1.29 is 14.3 Å². The molecule has 1 fully saturated rings. The molecular weight excluding hydrogens is 158 g/mol. The quantitative estimate of drug-likeness (QED) is 0.499. The molecule has 0 saturated carbocycles. The van der Waals surface area contributed by atoms with Crippen molar-refractivity contribution in [2.45, 2.75) is 32.7 Å². The Morgan fingerprint density at radius 2 is 2.08 bits per heavy atom. The van der Waals surface area contributed by atoms with Crippen LogP contribution in [0.1, 0.15) is 27.2 Å². The molecule has 1 rings (SSSR count). The Bertz CT molecular complexity index is 224. The molecule has 0 aromatic carbocycles. The van der Waals surface area contributed by atoms with Gasteiger partial charge in [-0.15, -0.1) is 0 Å². The van der Waals surface area contributed by atoms with Gasteiger partial charge < -0.3 is 10.1 Å². The van der Waals surface area contributed by atoms with E-state index in [1.54, 1.807) is 6.92 Å². The maximum Gasteiger partial charge on any atom is 0.415 e. The monoisotopic (exact) mass is 171 g/mol. The predicted molar refractivity (Wildman–Crippen MR) is 42.5 cm³/mol. The first kappa shape index (κ1) is 9.03. The van der Waals surface area contributed by atoms with Crippen LogP contribution in [-0.2, 0) is 9.53 Å². The molecule has 1 aliphatic heterocycles. The Kier molecular flexibility index (Phi) is 2.08. The van der Waals surface area contributed by atoms with E-state index in [1.165, 1.54) is 0 Å². The number of rotatable bonds is 2. The fourth-order valence-electron chi connectivity index (χ4n) is 1.45. The number of amides is 1. The molecule has 0 aliphatic carbocycles. The molecule has 68 valence electrons. The molecule has 1 aliphatic rings. The SMILES string of the molecule is CC(C)CC1(C)NC(=O)OC1=O. The third kappa shape index (κ3) is 1.57. The minimum absolute atomic E-state index is 0.348. The number of hydrogen-bond acceptors (Lipinski definition) is 3. The number of carbonyl (C=O) groups excluding carboxylic acids is 2. The van der Waals surface area contributed by atoms with E-state index in [2.05, 4.69) is 10.1 Å². The summed E-state index contributed by atoms with van der Waals surface area (Å²) in [6.45, 7) is 5.66. The van der Waals surface area contributed by atoms with Crippen molar-refractivity contribution in [3.63, 3.8) is 0 Å². The summed E-state index contributed by atoms with van der Waals surface area (Å²) in [7, 11) is 0. The molecule has 0 aromatic rings. The van der Waals surface area contributed by atoms with Crippen LogP contribution >= 0.6 is 0 Å². The number of carbonyl (C=O) groups is 2. The van der Waals surface area contributed by atoms with Crippen molar-refractivity contribution >= 4 is 12.1 Å². The lowest BCUT2D eigenvalue weighted by Gasteiger charge is -2.20. The van der Waals surface area contributed by atoms with Crippen LogP contribution < -0.4 is 5.32 Å². The molecule has 1 unspecified atom stereocenters. The van der Waals surface area contributed by atoms with Crippen molar-refractivity contribution in [1.29, 1.82) is 0 Å². The molecule has 1 amide bonds. The summed E-state index contributed by atoms with van der Waals surface area (Å²) in [5.74, 6) is -0.123. The van der Waals surface area contributed by atoms with E-state index < -0.39 is 17.6 Å². The largest absolute Gasteiger partial charge is 0.415 e. The fraction of sp³-hybridized carbons (Fsp3) is 0.750. The molecule has 4 nitrogen and oxygen atoms in total. The van der Waals surface area contributed by atoms with Crippen LogP contribution in [0.2, 0.25) is 0 Å². The van der Waals surface area contributed by atoms with Crippen LogP contribution in [-0.4, -0.2) is 17.6 Å². The highest BCUT2D eigenvalue weighted by molar-refractivity contribution is 5.98. The van der Waals surface area contributed by atoms with Crippen LogP contribution in [0.15, 0.2) is 0 Å². The highest BCUT2D eigenvalue weighted by Gasteiger charge is 2.44.